The molecule has 0 aliphatic rings. The predicted molar refractivity (Wildman–Crippen MR) is 98.7 cm³/mol. The number of carbonyl (C=O) groups is 1. The van der Waals surface area contributed by atoms with Gasteiger partial charge in [0.2, 0.25) is 0 Å². The fourth-order valence-electron chi connectivity index (χ4n) is 2.08. The number of halogens is 1. The van der Waals surface area contributed by atoms with E-state index in [9.17, 15) is 4.79 Å². The number of furan rings is 1. The van der Waals surface area contributed by atoms with Gasteiger partial charge in [-0.05, 0) is 42.0 Å². The summed E-state index contributed by atoms with van der Waals surface area (Å²) in [6.45, 7) is 0.441. The van der Waals surface area contributed by atoms with Gasteiger partial charge in [0.1, 0.15) is 12.4 Å². The number of benzene rings is 2. The van der Waals surface area contributed by atoms with E-state index in [4.69, 9.17) is 9.15 Å². The van der Waals surface area contributed by atoms with Gasteiger partial charge in [-0.1, -0.05) is 40.2 Å². The van der Waals surface area contributed by atoms with Gasteiger partial charge < -0.3 is 9.15 Å². The van der Waals surface area contributed by atoms with E-state index in [1.165, 1.54) is 12.5 Å². The predicted octanol–water partition coefficient (Wildman–Crippen LogP) is 4.39. The number of nitrogens with zero attached hydrogens (tertiary/aromatic N) is 1. The van der Waals surface area contributed by atoms with Crippen molar-refractivity contribution in [1.82, 2.24) is 5.43 Å². The first kappa shape index (κ1) is 17.0. The summed E-state index contributed by atoms with van der Waals surface area (Å²) in [5.41, 5.74) is 4.24. The average Bonchev–Trinajstić information content (AvgIpc) is 3.17. The second-order valence-corrected chi connectivity index (χ2v) is 6.05. The summed E-state index contributed by atoms with van der Waals surface area (Å²) in [7, 11) is 0. The molecule has 25 heavy (non-hydrogen) atoms. The van der Waals surface area contributed by atoms with Crippen LogP contribution in [0.1, 0.15) is 21.7 Å². The topological polar surface area (TPSA) is 63.8 Å². The Morgan fingerprint density at radius 1 is 1.12 bits per heavy atom. The Bertz CT molecular complexity index is 859. The molecule has 3 aromatic rings. The fraction of sp³-hybridized carbons (Fsp3) is 0.0526. The highest BCUT2D eigenvalue weighted by Gasteiger charge is 2.06. The lowest BCUT2D eigenvalue weighted by molar-refractivity contribution is 0.0927. The number of rotatable bonds is 6. The number of para-hydroxylation sites is 1. The van der Waals surface area contributed by atoms with E-state index in [0.29, 0.717) is 12.4 Å². The molecule has 0 spiro atoms. The van der Waals surface area contributed by atoms with E-state index < -0.39 is 5.91 Å². The molecule has 0 unspecified atom stereocenters. The van der Waals surface area contributed by atoms with Gasteiger partial charge in [0, 0.05) is 10.0 Å². The molecule has 1 N–H and O–H groups in total. The summed E-state index contributed by atoms with van der Waals surface area (Å²) < 4.78 is 11.9. The zero-order valence-corrected chi connectivity index (χ0v) is 14.8. The maximum absolute atomic E-state index is 11.8. The second kappa shape index (κ2) is 8.30. The van der Waals surface area contributed by atoms with Gasteiger partial charge in [-0.25, -0.2) is 5.43 Å². The van der Waals surface area contributed by atoms with Crippen LogP contribution in [0.2, 0.25) is 0 Å². The van der Waals surface area contributed by atoms with E-state index in [2.05, 4.69) is 26.5 Å². The van der Waals surface area contributed by atoms with Crippen LogP contribution in [0.4, 0.5) is 0 Å². The van der Waals surface area contributed by atoms with Crippen molar-refractivity contribution in [2.75, 3.05) is 0 Å². The third kappa shape index (κ3) is 4.81. The third-order valence-electron chi connectivity index (χ3n) is 3.34. The normalized spacial score (nSPS) is 10.8. The van der Waals surface area contributed by atoms with Crippen molar-refractivity contribution >= 4 is 28.1 Å². The lowest BCUT2D eigenvalue weighted by Crippen LogP contribution is -2.16. The van der Waals surface area contributed by atoms with Crippen LogP contribution in [0, 0.1) is 0 Å². The number of ether oxygens (including phenoxy) is 1. The van der Waals surface area contributed by atoms with Crippen LogP contribution >= 0.6 is 15.9 Å². The summed E-state index contributed by atoms with van der Waals surface area (Å²) in [5.74, 6) is 0.479. The molecule has 0 saturated carbocycles. The van der Waals surface area contributed by atoms with E-state index in [1.807, 2.05) is 48.5 Å². The molecule has 0 bridgehead atoms. The quantitative estimate of drug-likeness (QED) is 0.494. The van der Waals surface area contributed by atoms with Gasteiger partial charge in [-0.3, -0.25) is 4.79 Å². The van der Waals surface area contributed by atoms with Crippen molar-refractivity contribution in [3.8, 4) is 5.75 Å². The molecular formula is C19H15BrN2O3. The van der Waals surface area contributed by atoms with Crippen LogP contribution in [0.15, 0.2) is 80.9 Å². The molecule has 0 fully saturated rings. The Kier molecular flexibility index (Phi) is 5.64. The molecule has 1 heterocycles. The van der Waals surface area contributed by atoms with Crippen LogP contribution in [0.25, 0.3) is 0 Å². The zero-order valence-electron chi connectivity index (χ0n) is 13.2. The van der Waals surface area contributed by atoms with E-state index >= 15 is 0 Å². The Balaban J connectivity index is 1.63. The standard InChI is InChI=1S/C19H15BrN2O3/c20-16-9-7-14(8-10-16)13-25-17-5-2-1-4-15(17)12-21-22-19(23)18-6-3-11-24-18/h1-12H,13H2,(H,22,23)/b21-12+. The molecule has 6 heteroatoms. The van der Waals surface area contributed by atoms with Crippen LogP contribution in [-0.4, -0.2) is 12.1 Å². The summed E-state index contributed by atoms with van der Waals surface area (Å²) in [6.07, 6.45) is 2.97. The number of hydrogen-bond donors (Lipinski definition) is 1. The lowest BCUT2D eigenvalue weighted by atomic mass is 10.2. The minimum Gasteiger partial charge on any atom is -0.488 e. The Morgan fingerprint density at radius 2 is 1.92 bits per heavy atom. The first-order valence-corrected chi connectivity index (χ1v) is 8.35. The largest absolute Gasteiger partial charge is 0.488 e. The van der Waals surface area contributed by atoms with Crippen molar-refractivity contribution in [1.29, 1.82) is 0 Å². The van der Waals surface area contributed by atoms with Crippen LogP contribution in [-0.2, 0) is 6.61 Å². The fourth-order valence-corrected chi connectivity index (χ4v) is 2.35. The molecule has 0 atom stereocenters. The van der Waals surface area contributed by atoms with Crippen LogP contribution in [0.3, 0.4) is 0 Å². The number of hydrazone groups is 1. The molecule has 5 nitrogen and oxygen atoms in total. The van der Waals surface area contributed by atoms with Gasteiger partial charge in [-0.2, -0.15) is 5.10 Å². The SMILES string of the molecule is O=C(N/N=C/c1ccccc1OCc1ccc(Br)cc1)c1ccco1. The molecular weight excluding hydrogens is 384 g/mol. The van der Waals surface area contributed by atoms with Crippen molar-refractivity contribution in [3.63, 3.8) is 0 Å². The first-order chi connectivity index (χ1) is 12.2. The summed E-state index contributed by atoms with van der Waals surface area (Å²) in [4.78, 5) is 11.8. The molecule has 1 aromatic heterocycles. The molecule has 0 radical (unpaired) electrons. The maximum atomic E-state index is 11.8. The molecule has 2 aromatic carbocycles. The molecule has 0 saturated heterocycles. The van der Waals surface area contributed by atoms with Gasteiger partial charge in [-0.15, -0.1) is 0 Å². The Labute approximate surface area is 153 Å². The van der Waals surface area contributed by atoms with Crippen molar-refractivity contribution < 1.29 is 13.9 Å². The third-order valence-corrected chi connectivity index (χ3v) is 3.87. The van der Waals surface area contributed by atoms with Crippen molar-refractivity contribution in [3.05, 3.63) is 88.3 Å². The first-order valence-electron chi connectivity index (χ1n) is 7.55. The number of carbonyl (C=O) groups excluding carboxylic acids is 1. The maximum Gasteiger partial charge on any atom is 0.307 e. The second-order valence-electron chi connectivity index (χ2n) is 5.13. The molecule has 1 amide bonds. The minimum absolute atomic E-state index is 0.205. The number of nitrogens with one attached hydrogen (secondary N) is 1. The number of hydrogen-bond acceptors (Lipinski definition) is 4. The van der Waals surface area contributed by atoms with Gasteiger partial charge >= 0.3 is 5.91 Å². The molecule has 0 aliphatic carbocycles. The van der Waals surface area contributed by atoms with E-state index in [-0.39, 0.29) is 5.76 Å². The highest BCUT2D eigenvalue weighted by atomic mass is 79.9. The lowest BCUT2D eigenvalue weighted by Gasteiger charge is -2.09. The van der Waals surface area contributed by atoms with Crippen molar-refractivity contribution in [2.45, 2.75) is 6.61 Å². The average molecular weight is 399 g/mol. The van der Waals surface area contributed by atoms with E-state index in [1.54, 1.807) is 12.1 Å². The summed E-state index contributed by atoms with van der Waals surface area (Å²) >= 11 is 3.41. The molecule has 0 aliphatic heterocycles. The smallest absolute Gasteiger partial charge is 0.307 e. The van der Waals surface area contributed by atoms with Crippen LogP contribution < -0.4 is 10.2 Å². The highest BCUT2D eigenvalue weighted by molar-refractivity contribution is 9.10. The van der Waals surface area contributed by atoms with Crippen LogP contribution in [0.5, 0.6) is 5.75 Å². The van der Waals surface area contributed by atoms with E-state index in [0.717, 1.165) is 15.6 Å². The summed E-state index contributed by atoms with van der Waals surface area (Å²) in [5, 5.41) is 3.95. The van der Waals surface area contributed by atoms with Gasteiger partial charge in [0.05, 0.1) is 12.5 Å². The summed E-state index contributed by atoms with van der Waals surface area (Å²) in [6, 6.07) is 18.6. The van der Waals surface area contributed by atoms with Gasteiger partial charge in [0.15, 0.2) is 5.76 Å². The highest BCUT2D eigenvalue weighted by Crippen LogP contribution is 2.18. The van der Waals surface area contributed by atoms with Crippen molar-refractivity contribution in [2.24, 2.45) is 5.10 Å². The van der Waals surface area contributed by atoms with Gasteiger partial charge in [0.25, 0.3) is 0 Å². The zero-order chi connectivity index (χ0) is 17.5. The Morgan fingerprint density at radius 3 is 2.68 bits per heavy atom. The minimum atomic E-state index is -0.408. The Hall–Kier alpha value is -2.86. The number of amides is 1. The molecule has 3 rings (SSSR count). The molecule has 126 valence electrons. The monoisotopic (exact) mass is 398 g/mol.